The summed E-state index contributed by atoms with van der Waals surface area (Å²) in [5.41, 5.74) is 0.116. The summed E-state index contributed by atoms with van der Waals surface area (Å²) in [6, 6.07) is 5.97. The molecule has 0 fully saturated rings. The van der Waals surface area contributed by atoms with Crippen molar-refractivity contribution in [3.63, 3.8) is 0 Å². The molecular weight excluding hydrogens is 190 g/mol. The molecule has 0 radical (unpaired) electrons. The Morgan fingerprint density at radius 1 is 1.23 bits per heavy atom. The Labute approximate surface area is 78.6 Å². The summed E-state index contributed by atoms with van der Waals surface area (Å²) in [6.45, 7) is 0. The van der Waals surface area contributed by atoms with Crippen LogP contribution in [0.4, 0.5) is 0 Å². The van der Waals surface area contributed by atoms with Crippen molar-refractivity contribution < 1.29 is 5.11 Å². The Hall–Kier alpha value is -1.48. The van der Waals surface area contributed by atoms with Gasteiger partial charge in [0, 0.05) is 11.5 Å². The summed E-state index contributed by atoms with van der Waals surface area (Å²) in [6.07, 6.45) is 0. The van der Waals surface area contributed by atoms with Gasteiger partial charge in [-0.3, -0.25) is 4.79 Å². The molecule has 0 spiro atoms. The molecule has 0 aliphatic heterocycles. The number of phenols is 1. The largest absolute Gasteiger partial charge is 0.506 e. The van der Waals surface area contributed by atoms with E-state index in [1.807, 2.05) is 0 Å². The molecule has 2 aromatic rings. The molecule has 0 amide bonds. The van der Waals surface area contributed by atoms with E-state index in [0.717, 1.165) is 0 Å². The lowest BCUT2D eigenvalue weighted by Crippen LogP contribution is -2.02. The van der Waals surface area contributed by atoms with Crippen molar-refractivity contribution in [2.75, 3.05) is 0 Å². The Morgan fingerprint density at radius 2 is 2.00 bits per heavy atom. The number of pyridine rings is 1. The lowest BCUT2D eigenvalue weighted by molar-refractivity contribution is 0.480. The summed E-state index contributed by atoms with van der Waals surface area (Å²) in [5, 5.41) is 10.5. The molecule has 0 unspecified atom stereocenters. The van der Waals surface area contributed by atoms with Crippen LogP contribution < -0.4 is 5.56 Å². The van der Waals surface area contributed by atoms with Crippen LogP contribution in [0.2, 0.25) is 5.02 Å². The maximum atomic E-state index is 10.9. The SMILES string of the molecule is O=c1ccc2c(Cl)ccc(O)c2[nH]1. The van der Waals surface area contributed by atoms with Gasteiger partial charge in [0.15, 0.2) is 0 Å². The number of fused-ring (bicyclic) bond motifs is 1. The zero-order valence-electron chi connectivity index (χ0n) is 6.54. The number of hydrogen-bond donors (Lipinski definition) is 2. The molecule has 1 heterocycles. The predicted molar refractivity (Wildman–Crippen MR) is 51.2 cm³/mol. The predicted octanol–water partition coefficient (Wildman–Crippen LogP) is 1.89. The molecule has 66 valence electrons. The van der Waals surface area contributed by atoms with E-state index in [-0.39, 0.29) is 11.3 Å². The average molecular weight is 196 g/mol. The van der Waals surface area contributed by atoms with Crippen molar-refractivity contribution in [1.82, 2.24) is 4.98 Å². The minimum absolute atomic E-state index is 0.0251. The van der Waals surface area contributed by atoms with Gasteiger partial charge in [0.2, 0.25) is 5.56 Å². The summed E-state index contributed by atoms with van der Waals surface area (Å²) in [7, 11) is 0. The van der Waals surface area contributed by atoms with Crippen molar-refractivity contribution in [2.45, 2.75) is 0 Å². The quantitative estimate of drug-likeness (QED) is 0.675. The highest BCUT2D eigenvalue weighted by Gasteiger charge is 2.03. The first-order chi connectivity index (χ1) is 6.18. The molecule has 0 aliphatic carbocycles. The number of aromatic amines is 1. The van der Waals surface area contributed by atoms with Gasteiger partial charge < -0.3 is 10.1 Å². The van der Waals surface area contributed by atoms with Gasteiger partial charge in [-0.05, 0) is 18.2 Å². The molecule has 4 heteroatoms. The number of halogens is 1. The standard InChI is InChI=1S/C9H6ClNO2/c10-6-2-3-7(12)9-5(6)1-4-8(13)11-9/h1-4,12H,(H,11,13). The van der Waals surface area contributed by atoms with Gasteiger partial charge in [-0.25, -0.2) is 0 Å². The highest BCUT2D eigenvalue weighted by Crippen LogP contribution is 2.27. The minimum Gasteiger partial charge on any atom is -0.506 e. The Balaban J connectivity index is 3.00. The molecule has 0 bridgehead atoms. The fourth-order valence-electron chi connectivity index (χ4n) is 1.20. The number of benzene rings is 1. The fourth-order valence-corrected chi connectivity index (χ4v) is 1.42. The number of H-pyrrole nitrogens is 1. The van der Waals surface area contributed by atoms with Gasteiger partial charge >= 0.3 is 0 Å². The lowest BCUT2D eigenvalue weighted by atomic mass is 10.2. The van der Waals surface area contributed by atoms with E-state index in [0.29, 0.717) is 15.9 Å². The Bertz CT molecular complexity index is 518. The third-order valence-electron chi connectivity index (χ3n) is 1.82. The highest BCUT2D eigenvalue weighted by atomic mass is 35.5. The van der Waals surface area contributed by atoms with Crippen molar-refractivity contribution in [2.24, 2.45) is 0 Å². The third kappa shape index (κ3) is 1.27. The van der Waals surface area contributed by atoms with Crippen LogP contribution in [0.15, 0.2) is 29.1 Å². The van der Waals surface area contributed by atoms with Crippen LogP contribution in [-0.2, 0) is 0 Å². The smallest absolute Gasteiger partial charge is 0.248 e. The topological polar surface area (TPSA) is 53.1 Å². The number of aromatic nitrogens is 1. The van der Waals surface area contributed by atoms with Crippen LogP contribution in [0.1, 0.15) is 0 Å². The Kier molecular flexibility index (Phi) is 1.74. The van der Waals surface area contributed by atoms with Crippen LogP contribution in [0, 0.1) is 0 Å². The first kappa shape index (κ1) is 8.13. The number of hydrogen-bond acceptors (Lipinski definition) is 2. The van der Waals surface area contributed by atoms with Crippen molar-refractivity contribution in [3.05, 3.63) is 39.6 Å². The summed E-state index contributed by atoms with van der Waals surface area (Å²) < 4.78 is 0. The Morgan fingerprint density at radius 3 is 2.77 bits per heavy atom. The first-order valence-electron chi connectivity index (χ1n) is 3.69. The van der Waals surface area contributed by atoms with E-state index in [1.165, 1.54) is 12.1 Å². The van der Waals surface area contributed by atoms with Crippen LogP contribution in [-0.4, -0.2) is 10.1 Å². The normalized spacial score (nSPS) is 10.5. The van der Waals surface area contributed by atoms with Crippen LogP contribution in [0.3, 0.4) is 0 Å². The maximum Gasteiger partial charge on any atom is 0.248 e. The second-order valence-corrected chi connectivity index (χ2v) is 3.08. The summed E-state index contributed by atoms with van der Waals surface area (Å²) in [5.74, 6) is 0.0251. The molecule has 1 aromatic heterocycles. The maximum absolute atomic E-state index is 10.9. The molecule has 1 aromatic carbocycles. The molecule has 0 saturated carbocycles. The number of aromatic hydroxyl groups is 1. The van der Waals surface area contributed by atoms with Gasteiger partial charge in [0.25, 0.3) is 0 Å². The zero-order valence-corrected chi connectivity index (χ0v) is 7.30. The number of rotatable bonds is 0. The molecule has 2 N–H and O–H groups in total. The number of nitrogens with one attached hydrogen (secondary N) is 1. The minimum atomic E-state index is -0.259. The summed E-state index contributed by atoms with van der Waals surface area (Å²) >= 11 is 5.85. The van der Waals surface area contributed by atoms with Crippen LogP contribution in [0.25, 0.3) is 10.9 Å². The molecule has 13 heavy (non-hydrogen) atoms. The monoisotopic (exact) mass is 195 g/mol. The molecule has 3 nitrogen and oxygen atoms in total. The summed E-state index contributed by atoms with van der Waals surface area (Å²) in [4.78, 5) is 13.4. The first-order valence-corrected chi connectivity index (χ1v) is 4.07. The third-order valence-corrected chi connectivity index (χ3v) is 2.15. The molecule has 2 rings (SSSR count). The second-order valence-electron chi connectivity index (χ2n) is 2.68. The van der Waals surface area contributed by atoms with Gasteiger partial charge in [0.05, 0.1) is 10.5 Å². The van der Waals surface area contributed by atoms with E-state index in [9.17, 15) is 9.90 Å². The molecule has 0 aliphatic rings. The van der Waals surface area contributed by atoms with Crippen LogP contribution in [0.5, 0.6) is 5.75 Å². The van der Waals surface area contributed by atoms with E-state index in [4.69, 9.17) is 11.6 Å². The van der Waals surface area contributed by atoms with Gasteiger partial charge in [0.1, 0.15) is 5.75 Å². The number of phenolic OH excluding ortho intramolecular Hbond substituents is 1. The highest BCUT2D eigenvalue weighted by molar-refractivity contribution is 6.35. The second kappa shape index (κ2) is 2.78. The lowest BCUT2D eigenvalue weighted by Gasteiger charge is -2.01. The van der Waals surface area contributed by atoms with Crippen molar-refractivity contribution >= 4 is 22.5 Å². The van der Waals surface area contributed by atoms with E-state index in [2.05, 4.69) is 4.98 Å². The zero-order chi connectivity index (χ0) is 9.42. The van der Waals surface area contributed by atoms with Gasteiger partial charge in [-0.15, -0.1) is 0 Å². The molecule has 0 atom stereocenters. The molecule has 0 saturated heterocycles. The van der Waals surface area contributed by atoms with E-state index < -0.39 is 0 Å². The fraction of sp³-hybridized carbons (Fsp3) is 0. The van der Waals surface area contributed by atoms with Crippen LogP contribution >= 0.6 is 11.6 Å². The molecular formula is C9H6ClNO2. The van der Waals surface area contributed by atoms with E-state index in [1.54, 1.807) is 12.1 Å². The van der Waals surface area contributed by atoms with Crippen molar-refractivity contribution in [1.29, 1.82) is 0 Å². The van der Waals surface area contributed by atoms with Gasteiger partial charge in [-0.2, -0.15) is 0 Å². The average Bonchev–Trinajstić information content (AvgIpc) is 2.12. The van der Waals surface area contributed by atoms with Gasteiger partial charge in [-0.1, -0.05) is 11.6 Å². The van der Waals surface area contributed by atoms with E-state index >= 15 is 0 Å². The van der Waals surface area contributed by atoms with Crippen molar-refractivity contribution in [3.8, 4) is 5.75 Å².